The van der Waals surface area contributed by atoms with Crippen LogP contribution < -0.4 is 11.3 Å². The first-order valence-electron chi connectivity index (χ1n) is 6.00. The molecule has 0 amide bonds. The Kier molecular flexibility index (Phi) is 4.54. The lowest BCUT2D eigenvalue weighted by atomic mass is 9.99. The third kappa shape index (κ3) is 3.56. The lowest BCUT2D eigenvalue weighted by molar-refractivity contribution is 0.479. The number of aryl methyl sites for hydroxylation is 1. The summed E-state index contributed by atoms with van der Waals surface area (Å²) >= 11 is 0. The highest BCUT2D eigenvalue weighted by Gasteiger charge is 2.15. The van der Waals surface area contributed by atoms with Gasteiger partial charge in [-0.1, -0.05) is 0 Å². The van der Waals surface area contributed by atoms with Gasteiger partial charge in [-0.3, -0.25) is 16.3 Å². The molecular formula is C14H15F2N3. The van der Waals surface area contributed by atoms with Crippen LogP contribution in [-0.2, 0) is 6.42 Å². The van der Waals surface area contributed by atoms with Crippen LogP contribution in [0.2, 0.25) is 0 Å². The van der Waals surface area contributed by atoms with Crippen molar-refractivity contribution < 1.29 is 8.78 Å². The fourth-order valence-corrected chi connectivity index (χ4v) is 1.97. The molecule has 2 aromatic rings. The number of aromatic nitrogens is 1. The van der Waals surface area contributed by atoms with Crippen molar-refractivity contribution in [3.8, 4) is 0 Å². The monoisotopic (exact) mass is 263 g/mol. The van der Waals surface area contributed by atoms with Crippen LogP contribution in [0.4, 0.5) is 8.78 Å². The Balaban J connectivity index is 2.10. The van der Waals surface area contributed by atoms with E-state index in [9.17, 15) is 8.78 Å². The molecule has 0 aliphatic rings. The number of hydrazine groups is 1. The molecule has 0 saturated carbocycles. The summed E-state index contributed by atoms with van der Waals surface area (Å²) in [6.07, 6.45) is 4.67. The summed E-state index contributed by atoms with van der Waals surface area (Å²) in [7, 11) is 0. The van der Waals surface area contributed by atoms with Gasteiger partial charge in [0, 0.05) is 24.0 Å². The highest BCUT2D eigenvalue weighted by Crippen LogP contribution is 2.22. The maximum absolute atomic E-state index is 13.7. The summed E-state index contributed by atoms with van der Waals surface area (Å²) in [5.41, 5.74) is 3.86. The van der Waals surface area contributed by atoms with Gasteiger partial charge in [-0.2, -0.15) is 0 Å². The van der Waals surface area contributed by atoms with Gasteiger partial charge in [0.05, 0.1) is 0 Å². The fraction of sp³-hybridized carbons (Fsp3) is 0.214. The Morgan fingerprint density at radius 1 is 1.16 bits per heavy atom. The molecule has 19 heavy (non-hydrogen) atoms. The molecule has 0 bridgehead atoms. The number of pyridine rings is 1. The Hall–Kier alpha value is -1.85. The van der Waals surface area contributed by atoms with E-state index in [2.05, 4.69) is 10.4 Å². The van der Waals surface area contributed by atoms with E-state index >= 15 is 0 Å². The molecule has 3 nitrogen and oxygen atoms in total. The highest BCUT2D eigenvalue weighted by molar-refractivity contribution is 5.23. The number of nitrogens with zero attached hydrogens (tertiary/aromatic N) is 1. The van der Waals surface area contributed by atoms with Crippen LogP contribution >= 0.6 is 0 Å². The lowest BCUT2D eigenvalue weighted by Gasteiger charge is -2.17. The average Bonchev–Trinajstić information content (AvgIpc) is 2.44. The minimum absolute atomic E-state index is 0.247. The quantitative estimate of drug-likeness (QED) is 0.643. The van der Waals surface area contributed by atoms with Crippen LogP contribution in [0, 0.1) is 11.6 Å². The van der Waals surface area contributed by atoms with Gasteiger partial charge in [0.2, 0.25) is 0 Å². The summed E-state index contributed by atoms with van der Waals surface area (Å²) in [5, 5.41) is 0. The van der Waals surface area contributed by atoms with Crippen molar-refractivity contribution in [3.63, 3.8) is 0 Å². The molecule has 2 rings (SSSR count). The summed E-state index contributed by atoms with van der Waals surface area (Å²) in [5.74, 6) is 4.51. The minimum atomic E-state index is -0.472. The van der Waals surface area contributed by atoms with Gasteiger partial charge in [0.15, 0.2) is 0 Å². The van der Waals surface area contributed by atoms with Crippen molar-refractivity contribution in [2.24, 2.45) is 5.84 Å². The Labute approximate surface area is 110 Å². The molecule has 0 radical (unpaired) electrons. The van der Waals surface area contributed by atoms with Crippen LogP contribution in [0.5, 0.6) is 0 Å². The predicted molar refractivity (Wildman–Crippen MR) is 69.0 cm³/mol. The molecule has 1 unspecified atom stereocenters. The van der Waals surface area contributed by atoms with Crippen molar-refractivity contribution in [3.05, 3.63) is 65.5 Å². The van der Waals surface area contributed by atoms with Crippen molar-refractivity contribution >= 4 is 0 Å². The van der Waals surface area contributed by atoms with Crippen LogP contribution in [0.1, 0.15) is 23.6 Å². The standard InChI is InChI=1S/C14H15F2N3/c15-11-2-3-13(16)12(9-11)14(19-17)4-1-10-5-7-18-8-6-10/h2-3,5-9,14,19H,1,4,17H2. The topological polar surface area (TPSA) is 50.9 Å². The van der Waals surface area contributed by atoms with E-state index in [0.29, 0.717) is 12.8 Å². The van der Waals surface area contributed by atoms with Crippen molar-refractivity contribution in [2.45, 2.75) is 18.9 Å². The highest BCUT2D eigenvalue weighted by atomic mass is 19.1. The maximum atomic E-state index is 13.7. The lowest BCUT2D eigenvalue weighted by Crippen LogP contribution is -2.29. The van der Waals surface area contributed by atoms with Gasteiger partial charge >= 0.3 is 0 Å². The molecule has 3 N–H and O–H groups in total. The third-order valence-electron chi connectivity index (χ3n) is 3.01. The third-order valence-corrected chi connectivity index (χ3v) is 3.01. The van der Waals surface area contributed by atoms with Gasteiger partial charge in [0.25, 0.3) is 0 Å². The van der Waals surface area contributed by atoms with Gasteiger partial charge in [-0.25, -0.2) is 8.78 Å². The summed E-state index contributed by atoms with van der Waals surface area (Å²) < 4.78 is 26.8. The molecule has 0 aliphatic carbocycles. The normalized spacial score (nSPS) is 12.4. The zero-order valence-corrected chi connectivity index (χ0v) is 10.3. The molecule has 1 aromatic heterocycles. The van der Waals surface area contributed by atoms with Gasteiger partial charge < -0.3 is 0 Å². The summed E-state index contributed by atoms with van der Waals surface area (Å²) in [6, 6.07) is 6.72. The molecule has 0 fully saturated rings. The van der Waals surface area contributed by atoms with Crippen molar-refractivity contribution in [1.29, 1.82) is 0 Å². The molecule has 1 heterocycles. The Morgan fingerprint density at radius 2 is 1.89 bits per heavy atom. The van der Waals surface area contributed by atoms with Crippen LogP contribution in [0.25, 0.3) is 0 Å². The smallest absolute Gasteiger partial charge is 0.128 e. The number of halogens is 2. The largest absolute Gasteiger partial charge is 0.271 e. The number of nitrogens with one attached hydrogen (secondary N) is 1. The zero-order chi connectivity index (χ0) is 13.7. The maximum Gasteiger partial charge on any atom is 0.128 e. The predicted octanol–water partition coefficient (Wildman–Crippen LogP) is 2.50. The number of nitrogens with two attached hydrogens (primary N) is 1. The van der Waals surface area contributed by atoms with E-state index in [1.807, 2.05) is 12.1 Å². The summed E-state index contributed by atoms with van der Waals surface area (Å²) in [4.78, 5) is 3.93. The second kappa shape index (κ2) is 6.36. The van der Waals surface area contributed by atoms with Crippen LogP contribution in [-0.4, -0.2) is 4.98 Å². The van der Waals surface area contributed by atoms with Gasteiger partial charge in [-0.15, -0.1) is 0 Å². The van der Waals surface area contributed by atoms with Crippen LogP contribution in [0.15, 0.2) is 42.7 Å². The van der Waals surface area contributed by atoms with E-state index < -0.39 is 17.7 Å². The second-order valence-electron chi connectivity index (χ2n) is 4.28. The average molecular weight is 263 g/mol. The molecule has 0 aliphatic heterocycles. The van der Waals surface area contributed by atoms with Crippen LogP contribution in [0.3, 0.4) is 0 Å². The van der Waals surface area contributed by atoms with Crippen molar-refractivity contribution in [1.82, 2.24) is 10.4 Å². The van der Waals surface area contributed by atoms with E-state index in [0.717, 1.165) is 17.7 Å². The van der Waals surface area contributed by atoms with E-state index in [1.54, 1.807) is 12.4 Å². The first kappa shape index (κ1) is 13.6. The summed E-state index contributed by atoms with van der Waals surface area (Å²) in [6.45, 7) is 0. The molecular weight excluding hydrogens is 248 g/mol. The Morgan fingerprint density at radius 3 is 2.58 bits per heavy atom. The fourth-order valence-electron chi connectivity index (χ4n) is 1.97. The Bertz CT molecular complexity index is 531. The first-order chi connectivity index (χ1) is 9.20. The first-order valence-corrected chi connectivity index (χ1v) is 6.00. The SMILES string of the molecule is NNC(CCc1ccncc1)c1cc(F)ccc1F. The zero-order valence-electron chi connectivity index (χ0n) is 10.3. The second-order valence-corrected chi connectivity index (χ2v) is 4.28. The molecule has 1 atom stereocenters. The van der Waals surface area contributed by atoms with Gasteiger partial charge in [0.1, 0.15) is 11.6 Å². The number of hydrogen-bond acceptors (Lipinski definition) is 3. The molecule has 1 aromatic carbocycles. The van der Waals surface area contributed by atoms with E-state index in [-0.39, 0.29) is 5.56 Å². The molecule has 0 spiro atoms. The van der Waals surface area contributed by atoms with Gasteiger partial charge in [-0.05, 0) is 48.7 Å². The van der Waals surface area contributed by atoms with E-state index in [1.165, 1.54) is 6.07 Å². The minimum Gasteiger partial charge on any atom is -0.271 e. The van der Waals surface area contributed by atoms with Crippen molar-refractivity contribution in [2.75, 3.05) is 0 Å². The molecule has 100 valence electrons. The number of hydrogen-bond donors (Lipinski definition) is 2. The molecule has 0 saturated heterocycles. The molecule has 5 heteroatoms. The number of benzene rings is 1. The number of rotatable bonds is 5. The van der Waals surface area contributed by atoms with E-state index in [4.69, 9.17) is 5.84 Å².